The molecule has 0 aliphatic rings. The molecule has 0 atom stereocenters. The van der Waals surface area contributed by atoms with E-state index in [9.17, 15) is 4.79 Å². The minimum atomic E-state index is -0.0485. The topological polar surface area (TPSA) is 45.2 Å². The maximum absolute atomic E-state index is 11.8. The van der Waals surface area contributed by atoms with Gasteiger partial charge in [0.2, 0.25) is 0 Å². The normalized spacial score (nSPS) is 10.2. The van der Waals surface area contributed by atoms with Crippen LogP contribution < -0.4 is 5.32 Å². The van der Waals surface area contributed by atoms with E-state index in [4.69, 9.17) is 0 Å². The van der Waals surface area contributed by atoms with E-state index in [2.05, 4.69) is 10.3 Å². The predicted molar refractivity (Wildman–Crippen MR) is 61.0 cm³/mol. The molecule has 4 heteroatoms. The number of pyridine rings is 1. The van der Waals surface area contributed by atoms with E-state index < -0.39 is 0 Å². The van der Waals surface area contributed by atoms with E-state index in [1.807, 2.05) is 27.0 Å². The summed E-state index contributed by atoms with van der Waals surface area (Å²) in [6, 6.07) is 3.75. The number of carbonyl (C=O) groups excluding carboxylic acids is 1. The van der Waals surface area contributed by atoms with Gasteiger partial charge < -0.3 is 10.2 Å². The Morgan fingerprint density at radius 1 is 1.47 bits per heavy atom. The van der Waals surface area contributed by atoms with Crippen LogP contribution in [0.15, 0.2) is 18.3 Å². The summed E-state index contributed by atoms with van der Waals surface area (Å²) in [5.74, 6) is -0.0485. The number of anilines is 1. The zero-order valence-electron chi connectivity index (χ0n) is 9.61. The molecular weight excluding hydrogens is 190 g/mol. The quantitative estimate of drug-likeness (QED) is 0.819. The van der Waals surface area contributed by atoms with Crippen molar-refractivity contribution in [2.75, 3.05) is 19.4 Å². The molecule has 4 nitrogen and oxygen atoms in total. The fourth-order valence-electron chi connectivity index (χ4n) is 1.08. The van der Waals surface area contributed by atoms with E-state index >= 15 is 0 Å². The first-order valence-corrected chi connectivity index (χ1v) is 4.97. The van der Waals surface area contributed by atoms with Gasteiger partial charge in [0, 0.05) is 20.1 Å². The lowest BCUT2D eigenvalue weighted by atomic mass is 10.2. The minimum Gasteiger partial charge on any atom is -0.387 e. The second-order valence-electron chi connectivity index (χ2n) is 3.69. The highest BCUT2D eigenvalue weighted by Gasteiger charge is 2.14. The Kier molecular flexibility index (Phi) is 3.66. The minimum absolute atomic E-state index is 0.0485. The van der Waals surface area contributed by atoms with E-state index in [0.29, 0.717) is 5.69 Å². The summed E-state index contributed by atoms with van der Waals surface area (Å²) in [5.41, 5.74) is 1.38. The molecule has 0 aromatic carbocycles. The predicted octanol–water partition coefficient (Wildman–Crippen LogP) is 1.60. The maximum Gasteiger partial charge on any atom is 0.272 e. The Bertz CT molecular complexity index is 332. The zero-order valence-corrected chi connectivity index (χ0v) is 9.61. The smallest absolute Gasteiger partial charge is 0.272 e. The SMILES string of the molecule is CNc1ccc(C(=O)N(C)C(C)C)nc1. The third kappa shape index (κ3) is 2.68. The molecule has 1 heterocycles. The number of aromatic nitrogens is 1. The van der Waals surface area contributed by atoms with Crippen molar-refractivity contribution in [2.24, 2.45) is 0 Å². The standard InChI is InChI=1S/C11H17N3O/c1-8(2)14(4)11(15)10-6-5-9(12-3)7-13-10/h5-8,12H,1-4H3. The number of rotatable bonds is 3. The molecule has 0 radical (unpaired) electrons. The van der Waals surface area contributed by atoms with E-state index in [1.54, 1.807) is 24.2 Å². The van der Waals surface area contributed by atoms with Crippen LogP contribution in [0.1, 0.15) is 24.3 Å². The molecule has 0 saturated heterocycles. The van der Waals surface area contributed by atoms with Gasteiger partial charge in [-0.1, -0.05) is 0 Å². The van der Waals surface area contributed by atoms with Crippen molar-refractivity contribution in [1.29, 1.82) is 0 Å². The summed E-state index contributed by atoms with van der Waals surface area (Å²) in [5, 5.41) is 2.96. The molecule has 0 bridgehead atoms. The van der Waals surface area contributed by atoms with Crippen molar-refractivity contribution in [3.63, 3.8) is 0 Å². The lowest BCUT2D eigenvalue weighted by Crippen LogP contribution is -2.33. The molecule has 1 amide bonds. The Morgan fingerprint density at radius 2 is 2.13 bits per heavy atom. The third-order valence-corrected chi connectivity index (χ3v) is 2.37. The van der Waals surface area contributed by atoms with Gasteiger partial charge in [-0.05, 0) is 26.0 Å². The van der Waals surface area contributed by atoms with E-state index in [-0.39, 0.29) is 11.9 Å². The first kappa shape index (κ1) is 11.5. The van der Waals surface area contributed by atoms with Crippen molar-refractivity contribution in [2.45, 2.75) is 19.9 Å². The molecule has 0 aliphatic carbocycles. The number of nitrogens with one attached hydrogen (secondary N) is 1. The molecule has 0 unspecified atom stereocenters. The molecule has 1 rings (SSSR count). The van der Waals surface area contributed by atoms with Crippen molar-refractivity contribution in [3.05, 3.63) is 24.0 Å². The third-order valence-electron chi connectivity index (χ3n) is 2.37. The van der Waals surface area contributed by atoms with Crippen LogP contribution in [-0.4, -0.2) is 35.9 Å². The Labute approximate surface area is 90.3 Å². The first-order valence-electron chi connectivity index (χ1n) is 4.97. The highest BCUT2D eigenvalue weighted by Crippen LogP contribution is 2.08. The van der Waals surface area contributed by atoms with Crippen molar-refractivity contribution < 1.29 is 4.79 Å². The molecule has 0 saturated carbocycles. The second kappa shape index (κ2) is 4.77. The molecule has 1 aromatic rings. The van der Waals surface area contributed by atoms with Crippen LogP contribution in [0.3, 0.4) is 0 Å². The summed E-state index contributed by atoms with van der Waals surface area (Å²) < 4.78 is 0. The van der Waals surface area contributed by atoms with Crippen molar-refractivity contribution >= 4 is 11.6 Å². The summed E-state index contributed by atoms with van der Waals surface area (Å²) >= 11 is 0. The van der Waals surface area contributed by atoms with Crippen molar-refractivity contribution in [1.82, 2.24) is 9.88 Å². The number of carbonyl (C=O) groups is 1. The Balaban J connectivity index is 2.83. The number of nitrogens with zero attached hydrogens (tertiary/aromatic N) is 2. The van der Waals surface area contributed by atoms with E-state index in [0.717, 1.165) is 5.69 Å². The average molecular weight is 207 g/mol. The summed E-state index contributed by atoms with van der Waals surface area (Å²) in [6.45, 7) is 3.94. The fourth-order valence-corrected chi connectivity index (χ4v) is 1.08. The molecule has 82 valence electrons. The zero-order chi connectivity index (χ0) is 11.4. The highest BCUT2D eigenvalue weighted by atomic mass is 16.2. The van der Waals surface area contributed by atoms with Gasteiger partial charge in [0.05, 0.1) is 11.9 Å². The fraction of sp³-hybridized carbons (Fsp3) is 0.455. The largest absolute Gasteiger partial charge is 0.387 e. The molecule has 1 N–H and O–H groups in total. The van der Waals surface area contributed by atoms with Gasteiger partial charge in [0.25, 0.3) is 5.91 Å². The number of hydrogen-bond acceptors (Lipinski definition) is 3. The maximum atomic E-state index is 11.8. The van der Waals surface area contributed by atoms with Gasteiger partial charge in [-0.2, -0.15) is 0 Å². The van der Waals surface area contributed by atoms with Gasteiger partial charge >= 0.3 is 0 Å². The van der Waals surface area contributed by atoms with Crippen LogP contribution in [0.4, 0.5) is 5.69 Å². The molecular formula is C11H17N3O. The highest BCUT2D eigenvalue weighted by molar-refractivity contribution is 5.92. The molecule has 15 heavy (non-hydrogen) atoms. The molecule has 1 aromatic heterocycles. The van der Waals surface area contributed by atoms with Crippen LogP contribution in [0.5, 0.6) is 0 Å². The van der Waals surface area contributed by atoms with Crippen LogP contribution in [0, 0.1) is 0 Å². The number of hydrogen-bond donors (Lipinski definition) is 1. The first-order chi connectivity index (χ1) is 7.06. The van der Waals surface area contributed by atoms with Crippen LogP contribution in [0.2, 0.25) is 0 Å². The summed E-state index contributed by atoms with van der Waals surface area (Å²) in [7, 11) is 3.60. The molecule has 0 aliphatic heterocycles. The molecule has 0 spiro atoms. The lowest BCUT2D eigenvalue weighted by molar-refractivity contribution is 0.0749. The summed E-state index contributed by atoms with van der Waals surface area (Å²) in [4.78, 5) is 17.6. The van der Waals surface area contributed by atoms with Crippen LogP contribution in [-0.2, 0) is 0 Å². The van der Waals surface area contributed by atoms with Crippen LogP contribution >= 0.6 is 0 Å². The van der Waals surface area contributed by atoms with Gasteiger partial charge in [-0.3, -0.25) is 4.79 Å². The Hall–Kier alpha value is -1.58. The van der Waals surface area contributed by atoms with Gasteiger partial charge in [-0.15, -0.1) is 0 Å². The van der Waals surface area contributed by atoms with Gasteiger partial charge in [-0.25, -0.2) is 4.98 Å². The monoisotopic (exact) mass is 207 g/mol. The summed E-state index contributed by atoms with van der Waals surface area (Å²) in [6.07, 6.45) is 1.65. The lowest BCUT2D eigenvalue weighted by Gasteiger charge is -2.20. The average Bonchev–Trinajstić information content (AvgIpc) is 2.27. The van der Waals surface area contributed by atoms with E-state index in [1.165, 1.54) is 0 Å². The Morgan fingerprint density at radius 3 is 2.53 bits per heavy atom. The molecule has 0 fully saturated rings. The second-order valence-corrected chi connectivity index (χ2v) is 3.69. The van der Waals surface area contributed by atoms with Crippen LogP contribution in [0.25, 0.3) is 0 Å². The van der Waals surface area contributed by atoms with Crippen molar-refractivity contribution in [3.8, 4) is 0 Å². The van der Waals surface area contributed by atoms with Gasteiger partial charge in [0.1, 0.15) is 5.69 Å². The van der Waals surface area contributed by atoms with Gasteiger partial charge in [0.15, 0.2) is 0 Å². The number of amides is 1.